The summed E-state index contributed by atoms with van der Waals surface area (Å²) in [4.78, 5) is 6.51. The molecule has 0 bridgehead atoms. The van der Waals surface area contributed by atoms with E-state index in [1.165, 1.54) is 12.5 Å². The predicted molar refractivity (Wildman–Crippen MR) is 123 cm³/mol. The number of rotatable bonds is 8. The number of oxazole rings is 1. The molecule has 0 spiro atoms. The number of thioether (sulfide) groups is 1. The normalized spacial score (nSPS) is 21.9. The fourth-order valence-corrected chi connectivity index (χ4v) is 5.65. The number of likely N-dealkylation sites (tertiary alicyclic amines) is 1. The van der Waals surface area contributed by atoms with Crippen molar-refractivity contribution in [2.75, 3.05) is 25.4 Å². The SMILES string of the molecule is Cc1ncoc1-c1nnc(SCCCN2C[C@H]3C[C@@]3(c3cccc(OC(F)(F)F)c3)C2)n1C.Cl. The van der Waals surface area contributed by atoms with E-state index in [0.717, 1.165) is 54.6 Å². The van der Waals surface area contributed by atoms with E-state index in [-0.39, 0.29) is 23.6 Å². The molecule has 1 saturated carbocycles. The van der Waals surface area contributed by atoms with Gasteiger partial charge in [-0.05, 0) is 49.9 Å². The molecule has 7 nitrogen and oxygen atoms in total. The van der Waals surface area contributed by atoms with Gasteiger partial charge in [0.1, 0.15) is 5.75 Å². The minimum absolute atomic E-state index is 0. The number of alkyl halides is 3. The van der Waals surface area contributed by atoms with E-state index in [9.17, 15) is 13.2 Å². The summed E-state index contributed by atoms with van der Waals surface area (Å²) in [5.74, 6) is 2.54. The van der Waals surface area contributed by atoms with Crippen molar-refractivity contribution in [2.24, 2.45) is 13.0 Å². The summed E-state index contributed by atoms with van der Waals surface area (Å²) in [6, 6.07) is 6.48. The van der Waals surface area contributed by atoms with Crippen molar-refractivity contribution in [1.29, 1.82) is 0 Å². The lowest BCUT2D eigenvalue weighted by atomic mass is 9.95. The maximum absolute atomic E-state index is 12.6. The standard InChI is InChI=1S/C22H24F3N5O2S.ClH/c1-14-18(31-13-26-14)19-27-28-20(29(19)2)33-8-4-7-30-11-16-10-21(16,12-30)15-5-3-6-17(9-15)32-22(23,24)25;/h3,5-6,9,13,16H,4,7-8,10-12H2,1-2H3;1H/t16-,21+;/m1./s1. The predicted octanol–water partition coefficient (Wildman–Crippen LogP) is 4.85. The highest BCUT2D eigenvalue weighted by Crippen LogP contribution is 2.59. The van der Waals surface area contributed by atoms with Crippen LogP contribution in [0, 0.1) is 12.8 Å². The minimum atomic E-state index is -4.67. The molecule has 2 atom stereocenters. The maximum atomic E-state index is 12.6. The van der Waals surface area contributed by atoms with Crippen molar-refractivity contribution in [3.05, 3.63) is 41.9 Å². The third-order valence-corrected chi connectivity index (χ3v) is 7.60. The third kappa shape index (κ3) is 4.92. The van der Waals surface area contributed by atoms with Crippen molar-refractivity contribution in [3.63, 3.8) is 0 Å². The molecule has 3 heterocycles. The highest BCUT2D eigenvalue weighted by atomic mass is 35.5. The average molecular weight is 516 g/mol. The number of hydrogen-bond donors (Lipinski definition) is 0. The van der Waals surface area contributed by atoms with E-state index in [0.29, 0.717) is 17.5 Å². The van der Waals surface area contributed by atoms with Gasteiger partial charge < -0.3 is 18.6 Å². The smallest absolute Gasteiger partial charge is 0.440 e. The molecule has 1 aliphatic heterocycles. The molecule has 2 aromatic heterocycles. The van der Waals surface area contributed by atoms with Crippen LogP contribution in [-0.4, -0.2) is 56.4 Å². The molecule has 2 aliphatic rings. The van der Waals surface area contributed by atoms with Crippen LogP contribution in [0.4, 0.5) is 13.2 Å². The molecular formula is C22H25ClF3N5O2S. The number of nitrogens with zero attached hydrogens (tertiary/aromatic N) is 5. The molecule has 0 radical (unpaired) electrons. The quantitative estimate of drug-likeness (QED) is 0.313. The molecule has 0 N–H and O–H groups in total. The maximum Gasteiger partial charge on any atom is 0.573 e. The Bertz CT molecular complexity index is 1150. The van der Waals surface area contributed by atoms with Gasteiger partial charge in [0.25, 0.3) is 0 Å². The van der Waals surface area contributed by atoms with Gasteiger partial charge in [-0.25, -0.2) is 4.98 Å². The van der Waals surface area contributed by atoms with Crippen molar-refractivity contribution in [2.45, 2.75) is 36.7 Å². The second-order valence-corrected chi connectivity index (χ2v) is 9.76. The van der Waals surface area contributed by atoms with Gasteiger partial charge in [-0.2, -0.15) is 0 Å². The highest BCUT2D eigenvalue weighted by Gasteiger charge is 2.60. The van der Waals surface area contributed by atoms with Gasteiger partial charge in [-0.15, -0.1) is 35.8 Å². The first-order valence-corrected chi connectivity index (χ1v) is 11.7. The third-order valence-electron chi connectivity index (χ3n) is 6.49. The Hall–Kier alpha value is -2.24. The van der Waals surface area contributed by atoms with Gasteiger partial charge in [0.2, 0.25) is 5.82 Å². The summed E-state index contributed by atoms with van der Waals surface area (Å²) >= 11 is 1.65. The largest absolute Gasteiger partial charge is 0.573 e. The molecule has 184 valence electrons. The fourth-order valence-electron chi connectivity index (χ4n) is 4.81. The van der Waals surface area contributed by atoms with Gasteiger partial charge in [0.05, 0.1) is 5.69 Å². The molecule has 1 aliphatic carbocycles. The molecule has 1 aromatic carbocycles. The number of aromatic nitrogens is 4. The number of ether oxygens (including phenoxy) is 1. The second kappa shape index (κ2) is 9.43. The Balaban J connectivity index is 0.00000274. The van der Waals surface area contributed by atoms with Crippen molar-refractivity contribution < 1.29 is 22.3 Å². The molecule has 12 heteroatoms. The number of benzene rings is 1. The lowest BCUT2D eigenvalue weighted by molar-refractivity contribution is -0.274. The van der Waals surface area contributed by atoms with E-state index in [1.54, 1.807) is 23.9 Å². The fraction of sp³-hybridized carbons (Fsp3) is 0.500. The van der Waals surface area contributed by atoms with E-state index in [4.69, 9.17) is 4.42 Å². The monoisotopic (exact) mass is 515 g/mol. The average Bonchev–Trinajstić information content (AvgIpc) is 3.05. The zero-order valence-electron chi connectivity index (χ0n) is 18.7. The second-order valence-electron chi connectivity index (χ2n) is 8.70. The summed E-state index contributed by atoms with van der Waals surface area (Å²) in [5, 5.41) is 9.32. The zero-order chi connectivity index (χ0) is 23.2. The molecule has 2 fully saturated rings. The van der Waals surface area contributed by atoms with Crippen LogP contribution >= 0.6 is 24.2 Å². The lowest BCUT2D eigenvalue weighted by Crippen LogP contribution is -2.28. The van der Waals surface area contributed by atoms with Gasteiger partial charge in [-0.1, -0.05) is 23.9 Å². The Labute approximate surface area is 205 Å². The summed E-state index contributed by atoms with van der Waals surface area (Å²) in [5.41, 5.74) is 1.69. The van der Waals surface area contributed by atoms with E-state index in [2.05, 4.69) is 24.8 Å². The van der Waals surface area contributed by atoms with Crippen LogP contribution in [0.2, 0.25) is 0 Å². The van der Waals surface area contributed by atoms with E-state index in [1.807, 2.05) is 24.6 Å². The van der Waals surface area contributed by atoms with Crippen LogP contribution in [-0.2, 0) is 12.5 Å². The Kier molecular flexibility index (Phi) is 6.90. The number of piperidine rings is 1. The Morgan fingerprint density at radius 1 is 1.29 bits per heavy atom. The van der Waals surface area contributed by atoms with Gasteiger partial charge in [0, 0.05) is 31.3 Å². The van der Waals surface area contributed by atoms with Gasteiger partial charge in [0.15, 0.2) is 17.3 Å². The molecule has 0 unspecified atom stereocenters. The first kappa shape index (κ1) is 24.9. The van der Waals surface area contributed by atoms with Gasteiger partial charge >= 0.3 is 6.36 Å². The number of halogens is 4. The summed E-state index contributed by atoms with van der Waals surface area (Å²) in [6.07, 6.45) is -1.26. The molecule has 0 amide bonds. The van der Waals surface area contributed by atoms with E-state index < -0.39 is 6.36 Å². The zero-order valence-corrected chi connectivity index (χ0v) is 20.3. The van der Waals surface area contributed by atoms with Crippen LogP contribution in [0.15, 0.2) is 40.2 Å². The Morgan fingerprint density at radius 3 is 2.85 bits per heavy atom. The summed E-state index contributed by atoms with van der Waals surface area (Å²) in [6.45, 7) is 4.66. The summed E-state index contributed by atoms with van der Waals surface area (Å²) < 4.78 is 49.2. The number of aryl methyl sites for hydroxylation is 1. The van der Waals surface area contributed by atoms with Crippen molar-refractivity contribution >= 4 is 24.2 Å². The first-order valence-electron chi connectivity index (χ1n) is 10.8. The van der Waals surface area contributed by atoms with Crippen LogP contribution in [0.3, 0.4) is 0 Å². The Morgan fingerprint density at radius 2 is 2.12 bits per heavy atom. The summed E-state index contributed by atoms with van der Waals surface area (Å²) in [7, 11) is 1.91. The van der Waals surface area contributed by atoms with Crippen LogP contribution in [0.25, 0.3) is 11.6 Å². The van der Waals surface area contributed by atoms with Crippen LogP contribution < -0.4 is 4.74 Å². The topological polar surface area (TPSA) is 69.2 Å². The molecular weight excluding hydrogens is 491 g/mol. The minimum Gasteiger partial charge on any atom is -0.440 e. The molecule has 1 saturated heterocycles. The lowest BCUT2D eigenvalue weighted by Gasteiger charge is -2.21. The molecule has 3 aromatic rings. The van der Waals surface area contributed by atoms with Crippen LogP contribution in [0.1, 0.15) is 24.1 Å². The first-order chi connectivity index (χ1) is 15.7. The molecule has 34 heavy (non-hydrogen) atoms. The van der Waals surface area contributed by atoms with Crippen molar-refractivity contribution in [3.8, 4) is 17.3 Å². The van der Waals surface area contributed by atoms with Crippen molar-refractivity contribution in [1.82, 2.24) is 24.6 Å². The highest BCUT2D eigenvalue weighted by molar-refractivity contribution is 7.99. The van der Waals surface area contributed by atoms with Crippen LogP contribution in [0.5, 0.6) is 5.75 Å². The van der Waals surface area contributed by atoms with E-state index >= 15 is 0 Å². The molecule has 5 rings (SSSR count). The number of hydrogen-bond acceptors (Lipinski definition) is 7. The van der Waals surface area contributed by atoms with Gasteiger partial charge in [-0.3, -0.25) is 0 Å². The number of fused-ring (bicyclic) bond motifs is 1.